The van der Waals surface area contributed by atoms with Crippen molar-refractivity contribution in [3.63, 3.8) is 0 Å². The first-order chi connectivity index (χ1) is 14.1. The highest BCUT2D eigenvalue weighted by Gasteiger charge is 2.15. The van der Waals surface area contributed by atoms with Crippen LogP contribution in [0.4, 0.5) is 11.5 Å². The molecule has 0 radical (unpaired) electrons. The molecule has 8 nitrogen and oxygen atoms in total. The molecular formula is C21H22N4O4. The van der Waals surface area contributed by atoms with Crippen molar-refractivity contribution in [3.8, 4) is 5.75 Å². The highest BCUT2D eigenvalue weighted by atomic mass is 16.5. The Morgan fingerprint density at radius 1 is 1.14 bits per heavy atom. The predicted molar refractivity (Wildman–Crippen MR) is 111 cm³/mol. The summed E-state index contributed by atoms with van der Waals surface area (Å²) >= 11 is 0. The molecule has 0 aliphatic carbocycles. The fourth-order valence-electron chi connectivity index (χ4n) is 3.16. The number of nitrogens with zero attached hydrogens (tertiary/aromatic N) is 3. The molecule has 3 aromatic rings. The Bertz CT molecular complexity index is 1060. The molecule has 3 heterocycles. The Balaban J connectivity index is 1.32. The number of rotatable bonds is 5. The first-order valence-electron chi connectivity index (χ1n) is 9.43. The average Bonchev–Trinajstić information content (AvgIpc) is 2.73. The van der Waals surface area contributed by atoms with Crippen LogP contribution in [0, 0.1) is 0 Å². The minimum atomic E-state index is -0.431. The van der Waals surface area contributed by atoms with Crippen LogP contribution in [0.5, 0.6) is 5.75 Å². The normalized spacial score (nSPS) is 14.7. The number of pyridine rings is 1. The quantitative estimate of drug-likeness (QED) is 0.662. The summed E-state index contributed by atoms with van der Waals surface area (Å²) in [7, 11) is 2.11. The monoisotopic (exact) mass is 394 g/mol. The van der Waals surface area contributed by atoms with E-state index in [0.29, 0.717) is 17.0 Å². The Morgan fingerprint density at radius 2 is 1.93 bits per heavy atom. The van der Waals surface area contributed by atoms with Gasteiger partial charge in [0.2, 0.25) is 0 Å². The molecule has 4 rings (SSSR count). The van der Waals surface area contributed by atoms with Crippen molar-refractivity contribution in [2.24, 2.45) is 0 Å². The lowest BCUT2D eigenvalue weighted by Crippen LogP contribution is -2.44. The van der Waals surface area contributed by atoms with E-state index >= 15 is 0 Å². The van der Waals surface area contributed by atoms with E-state index in [-0.39, 0.29) is 12.5 Å². The van der Waals surface area contributed by atoms with Crippen LogP contribution >= 0.6 is 0 Å². The number of piperazine rings is 1. The summed E-state index contributed by atoms with van der Waals surface area (Å²) in [5.41, 5.74) is 0.597. The molecule has 0 bridgehead atoms. The molecule has 0 atom stereocenters. The molecular weight excluding hydrogens is 372 g/mol. The van der Waals surface area contributed by atoms with Gasteiger partial charge in [0, 0.05) is 43.7 Å². The van der Waals surface area contributed by atoms with Gasteiger partial charge in [0.1, 0.15) is 17.2 Å². The summed E-state index contributed by atoms with van der Waals surface area (Å²) in [5.74, 6) is 1.06. The van der Waals surface area contributed by atoms with Crippen molar-refractivity contribution in [1.29, 1.82) is 0 Å². The Hall–Kier alpha value is -3.39. The molecule has 1 N–H and O–H groups in total. The fourth-order valence-corrected chi connectivity index (χ4v) is 3.16. The summed E-state index contributed by atoms with van der Waals surface area (Å²) in [4.78, 5) is 32.5. The van der Waals surface area contributed by atoms with E-state index in [4.69, 9.17) is 9.15 Å². The Labute approximate surface area is 167 Å². The van der Waals surface area contributed by atoms with Crippen LogP contribution in [0.15, 0.2) is 57.9 Å². The molecule has 2 aromatic heterocycles. The lowest BCUT2D eigenvalue weighted by atomic mass is 10.2. The second-order valence-corrected chi connectivity index (χ2v) is 6.99. The van der Waals surface area contributed by atoms with Gasteiger partial charge in [-0.15, -0.1) is 0 Å². The molecule has 1 saturated heterocycles. The number of hydrogen-bond donors (Lipinski definition) is 1. The highest BCUT2D eigenvalue weighted by Crippen LogP contribution is 2.20. The number of amides is 1. The van der Waals surface area contributed by atoms with Crippen molar-refractivity contribution in [2.75, 3.05) is 50.1 Å². The molecule has 0 saturated carbocycles. The van der Waals surface area contributed by atoms with Gasteiger partial charge in [-0.1, -0.05) is 0 Å². The third kappa shape index (κ3) is 4.72. The molecule has 1 fully saturated rings. The number of carbonyl (C=O) groups is 1. The van der Waals surface area contributed by atoms with Gasteiger partial charge >= 0.3 is 5.63 Å². The number of anilines is 2. The van der Waals surface area contributed by atoms with Crippen LogP contribution in [0.25, 0.3) is 11.0 Å². The van der Waals surface area contributed by atoms with Crippen LogP contribution in [0.2, 0.25) is 0 Å². The van der Waals surface area contributed by atoms with Gasteiger partial charge in [0.05, 0.1) is 11.9 Å². The van der Waals surface area contributed by atoms with Crippen molar-refractivity contribution in [2.45, 2.75) is 0 Å². The number of fused-ring (bicyclic) bond motifs is 1. The minimum absolute atomic E-state index is 0.164. The smallest absolute Gasteiger partial charge is 0.336 e. The lowest BCUT2D eigenvalue weighted by molar-refractivity contribution is -0.118. The van der Waals surface area contributed by atoms with Gasteiger partial charge in [-0.2, -0.15) is 0 Å². The van der Waals surface area contributed by atoms with E-state index in [2.05, 4.69) is 27.1 Å². The van der Waals surface area contributed by atoms with Crippen LogP contribution in [0.3, 0.4) is 0 Å². The Kier molecular flexibility index (Phi) is 5.44. The minimum Gasteiger partial charge on any atom is -0.484 e. The number of carbonyl (C=O) groups excluding carboxylic acids is 1. The van der Waals surface area contributed by atoms with Gasteiger partial charge < -0.3 is 24.3 Å². The number of benzene rings is 1. The fraction of sp³-hybridized carbons (Fsp3) is 0.286. The van der Waals surface area contributed by atoms with Crippen molar-refractivity contribution in [1.82, 2.24) is 9.88 Å². The number of ether oxygens (including phenoxy) is 1. The molecule has 1 aromatic carbocycles. The molecule has 1 aliphatic heterocycles. The van der Waals surface area contributed by atoms with E-state index in [1.165, 1.54) is 6.07 Å². The number of hydrogen-bond acceptors (Lipinski definition) is 7. The molecule has 8 heteroatoms. The van der Waals surface area contributed by atoms with Crippen molar-refractivity contribution >= 4 is 28.4 Å². The van der Waals surface area contributed by atoms with Gasteiger partial charge in [-0.3, -0.25) is 4.79 Å². The zero-order chi connectivity index (χ0) is 20.2. The van der Waals surface area contributed by atoms with Crippen LogP contribution in [-0.4, -0.2) is 55.6 Å². The Morgan fingerprint density at radius 3 is 2.69 bits per heavy atom. The zero-order valence-electron chi connectivity index (χ0n) is 16.1. The van der Waals surface area contributed by atoms with Gasteiger partial charge in [-0.25, -0.2) is 9.78 Å². The summed E-state index contributed by atoms with van der Waals surface area (Å²) in [6.07, 6.45) is 1.65. The first kappa shape index (κ1) is 18.9. The molecule has 1 amide bonds. The molecule has 0 unspecified atom stereocenters. The third-order valence-corrected chi connectivity index (χ3v) is 4.82. The molecule has 29 heavy (non-hydrogen) atoms. The summed E-state index contributed by atoms with van der Waals surface area (Å²) < 4.78 is 10.6. The van der Waals surface area contributed by atoms with Gasteiger partial charge in [0.15, 0.2) is 6.61 Å². The summed E-state index contributed by atoms with van der Waals surface area (Å²) in [6, 6.07) is 11.9. The SMILES string of the molecule is CN1CCN(c2ccc(NC(=O)COc3ccc4ccc(=O)oc4c3)cn2)CC1. The second-order valence-electron chi connectivity index (χ2n) is 6.99. The average molecular weight is 394 g/mol. The standard InChI is InChI=1S/C21H22N4O4/c1-24-8-10-25(11-9-24)19-6-4-16(13-22-19)23-20(26)14-28-17-5-2-15-3-7-21(27)29-18(15)12-17/h2-7,12-13H,8-11,14H2,1H3,(H,23,26). The topological polar surface area (TPSA) is 87.9 Å². The van der Waals surface area contributed by atoms with Gasteiger partial charge in [0.25, 0.3) is 5.91 Å². The van der Waals surface area contributed by atoms with Crippen molar-refractivity contribution in [3.05, 3.63) is 59.1 Å². The van der Waals surface area contributed by atoms with Crippen LogP contribution < -0.4 is 20.6 Å². The maximum Gasteiger partial charge on any atom is 0.336 e. The highest BCUT2D eigenvalue weighted by molar-refractivity contribution is 5.91. The summed E-state index contributed by atoms with van der Waals surface area (Å²) in [6.45, 7) is 3.73. The van der Waals surface area contributed by atoms with E-state index < -0.39 is 5.63 Å². The number of nitrogens with one attached hydrogen (secondary N) is 1. The van der Waals surface area contributed by atoms with E-state index in [1.54, 1.807) is 30.5 Å². The second kappa shape index (κ2) is 8.32. The van der Waals surface area contributed by atoms with Gasteiger partial charge in [-0.05, 0) is 37.4 Å². The third-order valence-electron chi connectivity index (χ3n) is 4.82. The number of likely N-dealkylation sites (N-methyl/N-ethyl adjacent to an activating group) is 1. The van der Waals surface area contributed by atoms with Crippen LogP contribution in [-0.2, 0) is 4.79 Å². The van der Waals surface area contributed by atoms with Crippen LogP contribution in [0.1, 0.15) is 0 Å². The lowest BCUT2D eigenvalue weighted by Gasteiger charge is -2.33. The largest absolute Gasteiger partial charge is 0.484 e. The maximum absolute atomic E-state index is 12.2. The zero-order valence-corrected chi connectivity index (χ0v) is 16.1. The maximum atomic E-state index is 12.2. The van der Waals surface area contributed by atoms with E-state index in [1.807, 2.05) is 12.1 Å². The molecule has 1 aliphatic rings. The number of aromatic nitrogens is 1. The van der Waals surface area contributed by atoms with E-state index in [9.17, 15) is 9.59 Å². The van der Waals surface area contributed by atoms with E-state index in [0.717, 1.165) is 37.4 Å². The summed E-state index contributed by atoms with van der Waals surface area (Å²) in [5, 5.41) is 3.55. The first-order valence-corrected chi connectivity index (χ1v) is 9.43. The molecule has 150 valence electrons. The molecule has 0 spiro atoms. The predicted octanol–water partition coefficient (Wildman–Crippen LogP) is 1.96. The van der Waals surface area contributed by atoms with Crippen molar-refractivity contribution < 1.29 is 13.9 Å².